The standard InChI is InChI=1S/C8H4N4O/c1-2-11-8-7(10-1)6-5(13-8)3-9-4-12-6/h1-4H. The van der Waals surface area contributed by atoms with Gasteiger partial charge in [0, 0.05) is 12.4 Å². The number of aromatic nitrogens is 4. The van der Waals surface area contributed by atoms with Crippen molar-refractivity contribution in [2.24, 2.45) is 0 Å². The van der Waals surface area contributed by atoms with Crippen LogP contribution in [0.3, 0.4) is 0 Å². The summed E-state index contributed by atoms with van der Waals surface area (Å²) in [5, 5.41) is 0. The quantitative estimate of drug-likeness (QED) is 0.509. The zero-order valence-electron chi connectivity index (χ0n) is 6.51. The maximum atomic E-state index is 5.35. The van der Waals surface area contributed by atoms with Crippen molar-refractivity contribution in [2.45, 2.75) is 0 Å². The molecule has 13 heavy (non-hydrogen) atoms. The summed E-state index contributed by atoms with van der Waals surface area (Å²) in [7, 11) is 0. The molecule has 0 fully saturated rings. The molecule has 0 spiro atoms. The van der Waals surface area contributed by atoms with Crippen molar-refractivity contribution in [3.63, 3.8) is 0 Å². The fourth-order valence-corrected chi connectivity index (χ4v) is 1.24. The molecule has 0 atom stereocenters. The van der Waals surface area contributed by atoms with Crippen LogP contribution in [-0.2, 0) is 0 Å². The van der Waals surface area contributed by atoms with Crippen LogP contribution in [0.5, 0.6) is 0 Å². The second-order valence-electron chi connectivity index (χ2n) is 2.55. The van der Waals surface area contributed by atoms with Gasteiger partial charge < -0.3 is 4.42 Å². The van der Waals surface area contributed by atoms with Gasteiger partial charge in [-0.15, -0.1) is 0 Å². The van der Waals surface area contributed by atoms with Gasteiger partial charge in [0.2, 0.25) is 5.71 Å². The first-order valence-corrected chi connectivity index (χ1v) is 3.74. The van der Waals surface area contributed by atoms with E-state index in [1.54, 1.807) is 18.6 Å². The second-order valence-corrected chi connectivity index (χ2v) is 2.55. The van der Waals surface area contributed by atoms with Crippen molar-refractivity contribution in [1.82, 2.24) is 19.9 Å². The Bertz CT molecular complexity index is 524. The van der Waals surface area contributed by atoms with E-state index in [-0.39, 0.29) is 0 Å². The highest BCUT2D eigenvalue weighted by atomic mass is 16.3. The van der Waals surface area contributed by atoms with Gasteiger partial charge in [0.25, 0.3) is 0 Å². The topological polar surface area (TPSA) is 64.7 Å². The molecule has 3 rings (SSSR count). The number of furan rings is 1. The number of fused-ring (bicyclic) bond motifs is 3. The first kappa shape index (κ1) is 6.47. The fraction of sp³-hybridized carbons (Fsp3) is 0. The largest absolute Gasteiger partial charge is 0.433 e. The minimum Gasteiger partial charge on any atom is -0.433 e. The molecule has 0 radical (unpaired) electrons. The van der Waals surface area contributed by atoms with E-state index in [2.05, 4.69) is 19.9 Å². The molecule has 0 saturated carbocycles. The Morgan fingerprint density at radius 1 is 1.00 bits per heavy atom. The average Bonchev–Trinajstić information content (AvgIpc) is 2.56. The van der Waals surface area contributed by atoms with E-state index < -0.39 is 0 Å². The summed E-state index contributed by atoms with van der Waals surface area (Å²) < 4.78 is 5.35. The normalized spacial score (nSPS) is 11.1. The molecule has 0 saturated heterocycles. The zero-order valence-corrected chi connectivity index (χ0v) is 6.51. The summed E-state index contributed by atoms with van der Waals surface area (Å²) >= 11 is 0. The van der Waals surface area contributed by atoms with E-state index in [9.17, 15) is 0 Å². The summed E-state index contributed by atoms with van der Waals surface area (Å²) in [5.74, 6) is 0. The predicted molar refractivity (Wildman–Crippen MR) is 44.9 cm³/mol. The molecule has 0 aliphatic carbocycles. The van der Waals surface area contributed by atoms with Crippen molar-refractivity contribution in [2.75, 3.05) is 0 Å². The first-order valence-electron chi connectivity index (χ1n) is 3.74. The van der Waals surface area contributed by atoms with Crippen LogP contribution < -0.4 is 0 Å². The maximum Gasteiger partial charge on any atom is 0.248 e. The molecule has 0 N–H and O–H groups in total. The number of nitrogens with zero attached hydrogens (tertiary/aromatic N) is 4. The van der Waals surface area contributed by atoms with E-state index >= 15 is 0 Å². The number of hydrogen-bond donors (Lipinski definition) is 0. The third-order valence-corrected chi connectivity index (χ3v) is 1.77. The van der Waals surface area contributed by atoms with E-state index in [0.717, 1.165) is 0 Å². The van der Waals surface area contributed by atoms with Gasteiger partial charge in [0.05, 0.1) is 6.20 Å². The lowest BCUT2D eigenvalue weighted by atomic mass is 10.4. The van der Waals surface area contributed by atoms with Crippen LogP contribution in [0.1, 0.15) is 0 Å². The van der Waals surface area contributed by atoms with E-state index in [1.807, 2.05) is 0 Å². The second kappa shape index (κ2) is 2.22. The molecular weight excluding hydrogens is 168 g/mol. The fourth-order valence-electron chi connectivity index (χ4n) is 1.24. The monoisotopic (exact) mass is 172 g/mol. The molecule has 0 aromatic carbocycles. The van der Waals surface area contributed by atoms with Crippen LogP contribution in [0.25, 0.3) is 22.3 Å². The minimum atomic E-state index is 0.498. The molecule has 0 aliphatic rings. The van der Waals surface area contributed by atoms with Crippen molar-refractivity contribution in [3.8, 4) is 0 Å². The molecule has 5 heteroatoms. The molecule has 5 nitrogen and oxygen atoms in total. The molecule has 3 heterocycles. The SMILES string of the molecule is c1cnc2c(n1)oc1cncnc12. The van der Waals surface area contributed by atoms with Gasteiger partial charge in [-0.25, -0.2) is 19.9 Å². The summed E-state index contributed by atoms with van der Waals surface area (Å²) in [6, 6.07) is 0. The Kier molecular flexibility index (Phi) is 1.11. The lowest BCUT2D eigenvalue weighted by Gasteiger charge is -1.83. The Labute approximate surface area is 72.5 Å². The molecule has 0 aliphatic heterocycles. The number of rotatable bonds is 0. The highest BCUT2D eigenvalue weighted by Gasteiger charge is 2.08. The zero-order chi connectivity index (χ0) is 8.67. The summed E-state index contributed by atoms with van der Waals surface area (Å²) in [6.07, 6.45) is 6.26. The van der Waals surface area contributed by atoms with Gasteiger partial charge in [0.15, 0.2) is 11.1 Å². The predicted octanol–water partition coefficient (Wildman–Crippen LogP) is 1.17. The van der Waals surface area contributed by atoms with Crippen molar-refractivity contribution in [3.05, 3.63) is 24.9 Å². The van der Waals surface area contributed by atoms with E-state index in [4.69, 9.17) is 4.42 Å². The summed E-state index contributed by atoms with van der Waals surface area (Å²) in [5.41, 5.74) is 2.50. The molecule has 3 aromatic heterocycles. The summed E-state index contributed by atoms with van der Waals surface area (Å²) in [6.45, 7) is 0. The molecule has 3 aromatic rings. The van der Waals surface area contributed by atoms with Gasteiger partial charge in [-0.2, -0.15) is 0 Å². The smallest absolute Gasteiger partial charge is 0.248 e. The highest BCUT2D eigenvalue weighted by Crippen LogP contribution is 2.21. The minimum absolute atomic E-state index is 0.498. The molecule has 0 amide bonds. The Hall–Kier alpha value is -2.04. The van der Waals surface area contributed by atoms with Crippen LogP contribution in [-0.4, -0.2) is 19.9 Å². The highest BCUT2D eigenvalue weighted by molar-refractivity contribution is 5.97. The first-order chi connectivity index (χ1) is 6.45. The summed E-state index contributed by atoms with van der Waals surface area (Å²) in [4.78, 5) is 16.1. The Morgan fingerprint density at radius 3 is 2.92 bits per heavy atom. The van der Waals surface area contributed by atoms with Crippen LogP contribution in [0.15, 0.2) is 29.3 Å². The van der Waals surface area contributed by atoms with Gasteiger partial charge in [-0.3, -0.25) is 0 Å². The van der Waals surface area contributed by atoms with Gasteiger partial charge in [-0.1, -0.05) is 0 Å². The van der Waals surface area contributed by atoms with Gasteiger partial charge in [0.1, 0.15) is 11.8 Å². The number of hydrogen-bond acceptors (Lipinski definition) is 5. The maximum absolute atomic E-state index is 5.35. The van der Waals surface area contributed by atoms with Gasteiger partial charge in [-0.05, 0) is 0 Å². The van der Waals surface area contributed by atoms with Crippen LogP contribution in [0, 0.1) is 0 Å². The van der Waals surface area contributed by atoms with Crippen LogP contribution >= 0.6 is 0 Å². The van der Waals surface area contributed by atoms with Crippen LogP contribution in [0.4, 0.5) is 0 Å². The third-order valence-electron chi connectivity index (χ3n) is 1.77. The van der Waals surface area contributed by atoms with Crippen molar-refractivity contribution < 1.29 is 4.42 Å². The van der Waals surface area contributed by atoms with E-state index in [0.29, 0.717) is 22.3 Å². The van der Waals surface area contributed by atoms with E-state index in [1.165, 1.54) is 6.33 Å². The average molecular weight is 172 g/mol. The molecule has 0 unspecified atom stereocenters. The van der Waals surface area contributed by atoms with Crippen molar-refractivity contribution >= 4 is 22.3 Å². The molecular formula is C8H4N4O. The van der Waals surface area contributed by atoms with Crippen molar-refractivity contribution in [1.29, 1.82) is 0 Å². The lowest BCUT2D eigenvalue weighted by Crippen LogP contribution is -1.78. The Morgan fingerprint density at radius 2 is 1.92 bits per heavy atom. The Balaban J connectivity index is 2.64. The van der Waals surface area contributed by atoms with Crippen LogP contribution in [0.2, 0.25) is 0 Å². The van der Waals surface area contributed by atoms with Gasteiger partial charge >= 0.3 is 0 Å². The lowest BCUT2D eigenvalue weighted by molar-refractivity contribution is 0.650. The third kappa shape index (κ3) is 0.807. The molecule has 0 bridgehead atoms. The molecule has 62 valence electrons.